The highest BCUT2D eigenvalue weighted by Gasteiger charge is 2.12. The molecule has 20 heavy (non-hydrogen) atoms. The highest BCUT2D eigenvalue weighted by molar-refractivity contribution is 5.94. The van der Waals surface area contributed by atoms with E-state index in [4.69, 9.17) is 10.9 Å². The van der Waals surface area contributed by atoms with E-state index in [1.807, 2.05) is 18.2 Å². The Morgan fingerprint density at radius 1 is 1.45 bits per heavy atom. The molecule has 2 rings (SSSR count). The van der Waals surface area contributed by atoms with Gasteiger partial charge in [0.05, 0.1) is 17.2 Å². The summed E-state index contributed by atoms with van der Waals surface area (Å²) in [4.78, 5) is 20.3. The summed E-state index contributed by atoms with van der Waals surface area (Å²) in [5, 5.41) is 14.1. The largest absolute Gasteiger partial charge is 0.409 e. The second-order valence-electron chi connectivity index (χ2n) is 4.38. The monoisotopic (exact) mass is 273 g/mol. The molecule has 1 amide bonds. The Morgan fingerprint density at radius 3 is 2.85 bits per heavy atom. The number of nitrogens with one attached hydrogen (secondary N) is 1. The molecular weight excluding hydrogens is 258 g/mol. The van der Waals surface area contributed by atoms with Crippen molar-refractivity contribution in [1.29, 1.82) is 0 Å². The molecule has 0 aliphatic rings. The molecule has 104 valence electrons. The molecule has 0 bridgehead atoms. The molecule has 0 fully saturated rings. The first kappa shape index (κ1) is 13.7. The van der Waals surface area contributed by atoms with Crippen molar-refractivity contribution in [2.45, 2.75) is 6.92 Å². The van der Waals surface area contributed by atoms with Gasteiger partial charge in [0.25, 0.3) is 5.91 Å². The Kier molecular flexibility index (Phi) is 4.09. The minimum Gasteiger partial charge on any atom is -0.409 e. The van der Waals surface area contributed by atoms with Crippen LogP contribution in [-0.2, 0) is 0 Å². The third-order valence-corrected chi connectivity index (χ3v) is 2.87. The van der Waals surface area contributed by atoms with Crippen molar-refractivity contribution in [2.75, 3.05) is 6.54 Å². The maximum absolute atomic E-state index is 11.9. The number of hydrogen-bond donors (Lipinski definition) is 3. The van der Waals surface area contributed by atoms with Crippen LogP contribution in [0.4, 0.5) is 0 Å². The Labute approximate surface area is 115 Å². The number of carbonyl (C=O) groups excluding carboxylic acids is 1. The molecule has 1 unspecified atom stereocenters. The summed E-state index contributed by atoms with van der Waals surface area (Å²) in [7, 11) is 0. The summed E-state index contributed by atoms with van der Waals surface area (Å²) < 4.78 is 0. The van der Waals surface area contributed by atoms with Crippen molar-refractivity contribution >= 4 is 22.8 Å². The number of rotatable bonds is 4. The van der Waals surface area contributed by atoms with Crippen LogP contribution in [0.5, 0.6) is 0 Å². The molecule has 1 atom stereocenters. The van der Waals surface area contributed by atoms with E-state index >= 15 is 0 Å². The quantitative estimate of drug-likeness (QED) is 0.329. The van der Waals surface area contributed by atoms with Crippen molar-refractivity contribution in [3.05, 3.63) is 36.2 Å². The van der Waals surface area contributed by atoms with Crippen molar-refractivity contribution in [2.24, 2.45) is 16.8 Å². The number of benzene rings is 1. The van der Waals surface area contributed by atoms with E-state index in [2.05, 4.69) is 20.4 Å². The van der Waals surface area contributed by atoms with E-state index in [1.165, 1.54) is 6.20 Å². The van der Waals surface area contributed by atoms with Crippen LogP contribution in [0.3, 0.4) is 0 Å². The van der Waals surface area contributed by atoms with Crippen molar-refractivity contribution in [3.8, 4) is 0 Å². The van der Waals surface area contributed by atoms with Gasteiger partial charge in [0.2, 0.25) is 0 Å². The van der Waals surface area contributed by atoms with E-state index in [1.54, 1.807) is 13.0 Å². The first-order valence-corrected chi connectivity index (χ1v) is 6.09. The fraction of sp³-hybridized carbons (Fsp3) is 0.231. The van der Waals surface area contributed by atoms with Crippen LogP contribution in [-0.4, -0.2) is 33.5 Å². The molecule has 0 aliphatic carbocycles. The highest BCUT2D eigenvalue weighted by Crippen LogP contribution is 2.08. The molecule has 7 heteroatoms. The normalized spacial score (nSPS) is 13.2. The number of amidine groups is 1. The lowest BCUT2D eigenvalue weighted by Crippen LogP contribution is -2.35. The zero-order chi connectivity index (χ0) is 14.5. The van der Waals surface area contributed by atoms with E-state index in [9.17, 15) is 4.79 Å². The summed E-state index contributed by atoms with van der Waals surface area (Å²) in [6.07, 6.45) is 1.42. The maximum atomic E-state index is 11.9. The van der Waals surface area contributed by atoms with Crippen LogP contribution < -0.4 is 11.1 Å². The second-order valence-corrected chi connectivity index (χ2v) is 4.38. The molecule has 1 aromatic carbocycles. The lowest BCUT2D eigenvalue weighted by molar-refractivity contribution is 0.0946. The second kappa shape index (κ2) is 5.96. The zero-order valence-electron chi connectivity index (χ0n) is 10.9. The van der Waals surface area contributed by atoms with Gasteiger partial charge in [0.15, 0.2) is 0 Å². The lowest BCUT2D eigenvalue weighted by atomic mass is 10.1. The van der Waals surface area contributed by atoms with Gasteiger partial charge in [-0.1, -0.05) is 24.2 Å². The van der Waals surface area contributed by atoms with Gasteiger partial charge >= 0.3 is 0 Å². The minimum absolute atomic E-state index is 0.0647. The number of para-hydroxylation sites is 2. The summed E-state index contributed by atoms with van der Waals surface area (Å²) >= 11 is 0. The number of aromatic nitrogens is 2. The number of fused-ring (bicyclic) bond motifs is 1. The van der Waals surface area contributed by atoms with Crippen LogP contribution in [0.25, 0.3) is 11.0 Å². The number of hydrogen-bond acceptors (Lipinski definition) is 5. The highest BCUT2D eigenvalue weighted by atomic mass is 16.4. The van der Waals surface area contributed by atoms with Crippen molar-refractivity contribution in [3.63, 3.8) is 0 Å². The van der Waals surface area contributed by atoms with Gasteiger partial charge in [-0.25, -0.2) is 4.98 Å². The van der Waals surface area contributed by atoms with E-state index in [0.29, 0.717) is 5.52 Å². The van der Waals surface area contributed by atoms with E-state index in [-0.39, 0.29) is 29.9 Å². The average Bonchev–Trinajstić information content (AvgIpc) is 2.50. The summed E-state index contributed by atoms with van der Waals surface area (Å²) in [5.74, 6) is -0.548. The standard InChI is InChI=1S/C13H15N5O2/c1-8(12(14)18-20)6-16-13(19)11-7-15-9-4-2-3-5-10(9)17-11/h2-5,7-8,20H,6H2,1H3,(H2,14,18)(H,16,19). The molecule has 4 N–H and O–H groups in total. The van der Waals surface area contributed by atoms with Crippen LogP contribution in [0, 0.1) is 5.92 Å². The molecular formula is C13H15N5O2. The van der Waals surface area contributed by atoms with Crippen LogP contribution in [0.2, 0.25) is 0 Å². The number of amides is 1. The summed E-state index contributed by atoms with van der Waals surface area (Å²) in [5.41, 5.74) is 7.06. The predicted molar refractivity (Wildman–Crippen MR) is 74.4 cm³/mol. The number of nitrogens with two attached hydrogens (primary N) is 1. The van der Waals surface area contributed by atoms with Gasteiger partial charge < -0.3 is 16.3 Å². The summed E-state index contributed by atoms with van der Waals surface area (Å²) in [6, 6.07) is 7.30. The Bertz CT molecular complexity index is 656. The average molecular weight is 273 g/mol. The van der Waals surface area contributed by atoms with Gasteiger partial charge in [0.1, 0.15) is 11.5 Å². The third-order valence-electron chi connectivity index (χ3n) is 2.87. The van der Waals surface area contributed by atoms with Gasteiger partial charge in [-0.3, -0.25) is 9.78 Å². The molecule has 0 aliphatic heterocycles. The molecule has 0 spiro atoms. The SMILES string of the molecule is CC(CNC(=O)c1cnc2ccccc2n1)/C(N)=N/O. The van der Waals surface area contributed by atoms with Gasteiger partial charge in [0, 0.05) is 12.5 Å². The van der Waals surface area contributed by atoms with E-state index in [0.717, 1.165) is 5.52 Å². The van der Waals surface area contributed by atoms with Crippen LogP contribution >= 0.6 is 0 Å². The molecule has 0 saturated heterocycles. The smallest absolute Gasteiger partial charge is 0.271 e. The number of carbonyl (C=O) groups is 1. The number of nitrogens with zero attached hydrogens (tertiary/aromatic N) is 3. The summed E-state index contributed by atoms with van der Waals surface area (Å²) in [6.45, 7) is 1.99. The number of oxime groups is 1. The van der Waals surface area contributed by atoms with Crippen molar-refractivity contribution in [1.82, 2.24) is 15.3 Å². The molecule has 2 aromatic rings. The van der Waals surface area contributed by atoms with E-state index < -0.39 is 0 Å². The Balaban J connectivity index is 2.08. The molecule has 7 nitrogen and oxygen atoms in total. The molecule has 1 aromatic heterocycles. The van der Waals surface area contributed by atoms with Gasteiger partial charge in [-0.05, 0) is 12.1 Å². The first-order valence-electron chi connectivity index (χ1n) is 6.09. The lowest BCUT2D eigenvalue weighted by Gasteiger charge is -2.10. The third kappa shape index (κ3) is 3.00. The Hall–Kier alpha value is -2.70. The topological polar surface area (TPSA) is 113 Å². The van der Waals surface area contributed by atoms with Gasteiger partial charge in [-0.15, -0.1) is 0 Å². The predicted octanol–water partition coefficient (Wildman–Crippen LogP) is 0.742. The first-order chi connectivity index (χ1) is 9.61. The van der Waals surface area contributed by atoms with Crippen LogP contribution in [0.1, 0.15) is 17.4 Å². The molecule has 0 saturated carbocycles. The van der Waals surface area contributed by atoms with Gasteiger partial charge in [-0.2, -0.15) is 0 Å². The fourth-order valence-corrected chi connectivity index (χ4v) is 1.61. The zero-order valence-corrected chi connectivity index (χ0v) is 10.9. The van der Waals surface area contributed by atoms with Crippen LogP contribution in [0.15, 0.2) is 35.6 Å². The maximum Gasteiger partial charge on any atom is 0.271 e. The minimum atomic E-state index is -0.346. The Morgan fingerprint density at radius 2 is 2.15 bits per heavy atom. The fourth-order valence-electron chi connectivity index (χ4n) is 1.61. The molecule has 1 heterocycles. The van der Waals surface area contributed by atoms with Crippen molar-refractivity contribution < 1.29 is 10.0 Å². The molecule has 0 radical (unpaired) electrons.